The summed E-state index contributed by atoms with van der Waals surface area (Å²) in [4.78, 5) is 0. The number of rotatable bonds is 2. The van der Waals surface area contributed by atoms with Gasteiger partial charge in [0.1, 0.15) is 0 Å². The molecule has 0 unspecified atom stereocenters. The van der Waals surface area contributed by atoms with Gasteiger partial charge in [-0.1, -0.05) is 0 Å². The smallest absolute Gasteiger partial charge is 0.174 e. The van der Waals surface area contributed by atoms with Crippen LogP contribution >= 0.6 is 0 Å². The molecule has 18 heavy (non-hydrogen) atoms. The molecule has 0 bridgehead atoms. The molecule has 2 heterocycles. The molecule has 1 aromatic heterocycles. The van der Waals surface area contributed by atoms with Crippen molar-refractivity contribution >= 4 is 0 Å². The summed E-state index contributed by atoms with van der Waals surface area (Å²) in [6, 6.07) is 0. The molecule has 102 valence electrons. The molecule has 0 N–H and O–H groups in total. The molecule has 1 aliphatic heterocycles. The predicted octanol–water partition coefficient (Wildman–Crippen LogP) is -0.646. The summed E-state index contributed by atoms with van der Waals surface area (Å²) < 4.78 is 3.49. The van der Waals surface area contributed by atoms with Gasteiger partial charge in [-0.15, -0.1) is 0 Å². The Morgan fingerprint density at radius 1 is 1.11 bits per heavy atom. The molecular weight excluding hydrogens is 337 g/mol. The first-order chi connectivity index (χ1) is 8.27. The highest BCUT2D eigenvalue weighted by atomic mass is 127. The molecule has 2 aliphatic rings. The summed E-state index contributed by atoms with van der Waals surface area (Å²) in [5.74, 6) is 0. The number of fused-ring (bicyclic) bond motifs is 1. The molecule has 3 rings (SSSR count). The number of halogens is 1. The molecule has 1 fully saturated rings. The molecule has 1 saturated heterocycles. The normalized spacial score (nSPS) is 22.1. The van der Waals surface area contributed by atoms with Crippen molar-refractivity contribution in [1.82, 2.24) is 9.78 Å². The third-order valence-corrected chi connectivity index (χ3v) is 4.52. The van der Waals surface area contributed by atoms with E-state index in [1.165, 1.54) is 73.8 Å². The zero-order valence-corrected chi connectivity index (χ0v) is 13.5. The fraction of sp³-hybridized carbons (Fsp3) is 0.786. The van der Waals surface area contributed by atoms with Crippen LogP contribution in [-0.2, 0) is 19.5 Å². The average Bonchev–Trinajstić information content (AvgIpc) is 2.73. The van der Waals surface area contributed by atoms with E-state index in [2.05, 4.69) is 23.0 Å². The van der Waals surface area contributed by atoms with Gasteiger partial charge in [0, 0.05) is 5.69 Å². The lowest BCUT2D eigenvalue weighted by Crippen LogP contribution is -3.00. The van der Waals surface area contributed by atoms with Crippen LogP contribution in [0.3, 0.4) is 0 Å². The van der Waals surface area contributed by atoms with Crippen LogP contribution in [-0.4, -0.2) is 34.4 Å². The minimum atomic E-state index is 0. The topological polar surface area (TPSA) is 17.8 Å². The Balaban J connectivity index is 0.00000120. The molecule has 1 aliphatic carbocycles. The summed E-state index contributed by atoms with van der Waals surface area (Å²) in [5.41, 5.74) is 3.04. The standard InChI is InChI=1S/C14H24N3.HI/c1-17(9-5-2-6-10-17)12-16-14-8-4-3-7-13(14)11-15-16;/h11H,2-10,12H2,1H3;1H/q+1;/p-1. The zero-order valence-electron chi connectivity index (χ0n) is 11.4. The van der Waals surface area contributed by atoms with E-state index < -0.39 is 0 Å². The SMILES string of the molecule is C[N+]1(Cn2ncc3c2CCCC3)CCCCC1.[I-]. The molecule has 0 spiro atoms. The molecule has 0 aromatic carbocycles. The highest BCUT2D eigenvalue weighted by Crippen LogP contribution is 2.23. The minimum Gasteiger partial charge on any atom is -1.00 e. The lowest BCUT2D eigenvalue weighted by atomic mass is 9.98. The van der Waals surface area contributed by atoms with Crippen LogP contribution in [0.4, 0.5) is 0 Å². The van der Waals surface area contributed by atoms with E-state index in [0.29, 0.717) is 0 Å². The third kappa shape index (κ3) is 2.90. The molecule has 0 amide bonds. The van der Waals surface area contributed by atoms with Crippen molar-refractivity contribution in [2.24, 2.45) is 0 Å². The van der Waals surface area contributed by atoms with Gasteiger partial charge < -0.3 is 28.5 Å². The Hall–Kier alpha value is -0.100. The molecule has 1 aromatic rings. The lowest BCUT2D eigenvalue weighted by Gasteiger charge is -2.37. The molecule has 3 nitrogen and oxygen atoms in total. The van der Waals surface area contributed by atoms with E-state index >= 15 is 0 Å². The molecular formula is C14H24IN3. The third-order valence-electron chi connectivity index (χ3n) is 4.52. The summed E-state index contributed by atoms with van der Waals surface area (Å²) in [6.45, 7) is 3.75. The maximum atomic E-state index is 4.64. The molecule has 0 atom stereocenters. The number of nitrogens with zero attached hydrogens (tertiary/aromatic N) is 3. The van der Waals surface area contributed by atoms with Crippen LogP contribution in [0.2, 0.25) is 0 Å². The fourth-order valence-electron chi connectivity index (χ4n) is 3.42. The van der Waals surface area contributed by atoms with Crippen LogP contribution in [0.15, 0.2) is 6.20 Å². The number of quaternary nitrogens is 1. The van der Waals surface area contributed by atoms with Crippen molar-refractivity contribution in [3.05, 3.63) is 17.5 Å². The number of piperidine rings is 1. The molecule has 0 radical (unpaired) electrons. The Morgan fingerprint density at radius 2 is 1.83 bits per heavy atom. The van der Waals surface area contributed by atoms with Crippen molar-refractivity contribution in [2.45, 2.75) is 51.6 Å². The van der Waals surface area contributed by atoms with Gasteiger partial charge in [-0.2, -0.15) is 5.10 Å². The van der Waals surface area contributed by atoms with Crippen LogP contribution in [0, 0.1) is 0 Å². The lowest BCUT2D eigenvalue weighted by molar-refractivity contribution is -0.935. The van der Waals surface area contributed by atoms with Crippen molar-refractivity contribution in [2.75, 3.05) is 20.1 Å². The predicted molar refractivity (Wildman–Crippen MR) is 68.6 cm³/mol. The number of aryl methyl sites for hydroxylation is 1. The van der Waals surface area contributed by atoms with Gasteiger partial charge in [0.15, 0.2) is 6.67 Å². The highest BCUT2D eigenvalue weighted by molar-refractivity contribution is 5.20. The second-order valence-corrected chi connectivity index (χ2v) is 6.09. The summed E-state index contributed by atoms with van der Waals surface area (Å²) in [7, 11) is 2.40. The van der Waals surface area contributed by atoms with E-state index in [1.807, 2.05) is 0 Å². The van der Waals surface area contributed by atoms with Gasteiger partial charge in [0.2, 0.25) is 0 Å². The van der Waals surface area contributed by atoms with Crippen molar-refractivity contribution < 1.29 is 28.5 Å². The first-order valence-electron chi connectivity index (χ1n) is 7.14. The van der Waals surface area contributed by atoms with Gasteiger partial charge >= 0.3 is 0 Å². The average molecular weight is 361 g/mol. The van der Waals surface area contributed by atoms with Gasteiger partial charge in [-0.3, -0.25) is 0 Å². The second kappa shape index (κ2) is 5.90. The zero-order chi connectivity index (χ0) is 11.7. The minimum absolute atomic E-state index is 0. The van der Waals surface area contributed by atoms with Crippen molar-refractivity contribution in [3.63, 3.8) is 0 Å². The fourth-order valence-corrected chi connectivity index (χ4v) is 3.42. The van der Waals surface area contributed by atoms with Crippen LogP contribution < -0.4 is 24.0 Å². The largest absolute Gasteiger partial charge is 1.00 e. The molecule has 4 heteroatoms. The van der Waals surface area contributed by atoms with Crippen LogP contribution in [0.5, 0.6) is 0 Å². The van der Waals surface area contributed by atoms with Crippen molar-refractivity contribution in [3.8, 4) is 0 Å². The number of hydrogen-bond donors (Lipinski definition) is 0. The Bertz CT molecular complexity index is 394. The van der Waals surface area contributed by atoms with Gasteiger partial charge in [-0.25, -0.2) is 4.68 Å². The van der Waals surface area contributed by atoms with Crippen LogP contribution in [0.25, 0.3) is 0 Å². The monoisotopic (exact) mass is 361 g/mol. The summed E-state index contributed by atoms with van der Waals surface area (Å²) in [5, 5.41) is 4.64. The van der Waals surface area contributed by atoms with Crippen LogP contribution in [0.1, 0.15) is 43.4 Å². The van der Waals surface area contributed by atoms with E-state index in [1.54, 1.807) is 0 Å². The van der Waals surface area contributed by atoms with E-state index in [4.69, 9.17) is 0 Å². The van der Waals surface area contributed by atoms with Gasteiger partial charge in [0.05, 0.1) is 26.3 Å². The first kappa shape index (κ1) is 14.3. The maximum absolute atomic E-state index is 4.64. The highest BCUT2D eigenvalue weighted by Gasteiger charge is 2.27. The van der Waals surface area contributed by atoms with E-state index in [-0.39, 0.29) is 24.0 Å². The number of likely N-dealkylation sites (tertiary alicyclic amines) is 1. The number of hydrogen-bond acceptors (Lipinski definition) is 1. The number of aromatic nitrogens is 2. The van der Waals surface area contributed by atoms with Gasteiger partial charge in [0.25, 0.3) is 0 Å². The Kier molecular flexibility index (Phi) is 4.69. The second-order valence-electron chi connectivity index (χ2n) is 6.09. The Morgan fingerprint density at radius 3 is 2.61 bits per heavy atom. The Labute approximate surface area is 127 Å². The van der Waals surface area contributed by atoms with E-state index in [0.717, 1.165) is 6.67 Å². The van der Waals surface area contributed by atoms with E-state index in [9.17, 15) is 0 Å². The van der Waals surface area contributed by atoms with Crippen molar-refractivity contribution in [1.29, 1.82) is 0 Å². The quantitative estimate of drug-likeness (QED) is 0.506. The maximum Gasteiger partial charge on any atom is 0.174 e. The summed E-state index contributed by atoms with van der Waals surface area (Å²) >= 11 is 0. The summed E-state index contributed by atoms with van der Waals surface area (Å²) in [6.07, 6.45) is 11.5. The first-order valence-corrected chi connectivity index (χ1v) is 7.14. The van der Waals surface area contributed by atoms with Gasteiger partial charge in [-0.05, 0) is 50.5 Å². The molecule has 0 saturated carbocycles.